The van der Waals surface area contributed by atoms with E-state index in [1.165, 1.54) is 11.1 Å². The molecule has 0 saturated heterocycles. The minimum atomic E-state index is 0.413. The average molecular weight is 326 g/mol. The minimum Gasteiger partial charge on any atom is -0.490 e. The van der Waals surface area contributed by atoms with Crippen LogP contribution in [-0.4, -0.2) is 19.5 Å². The first-order valence-corrected chi connectivity index (χ1v) is 8.46. The Morgan fingerprint density at radius 2 is 1.38 bits per heavy atom. The molecule has 0 unspecified atom stereocenters. The van der Waals surface area contributed by atoms with Gasteiger partial charge in [0.15, 0.2) is 0 Å². The first-order valence-electron chi connectivity index (χ1n) is 8.46. The van der Waals surface area contributed by atoms with Crippen molar-refractivity contribution < 1.29 is 14.3 Å². The van der Waals surface area contributed by atoms with Gasteiger partial charge < -0.3 is 9.47 Å². The van der Waals surface area contributed by atoms with E-state index in [1.807, 2.05) is 0 Å². The minimum absolute atomic E-state index is 0.413. The summed E-state index contributed by atoms with van der Waals surface area (Å²) in [6.07, 6.45) is 0.823. The van der Waals surface area contributed by atoms with Gasteiger partial charge in [0.25, 0.3) is 0 Å². The molecule has 0 heterocycles. The zero-order valence-electron chi connectivity index (χ0n) is 14.9. The molecule has 0 spiro atoms. The molecule has 3 nitrogen and oxygen atoms in total. The van der Waals surface area contributed by atoms with E-state index in [-0.39, 0.29) is 0 Å². The zero-order chi connectivity index (χ0) is 17.5. The molecule has 0 aliphatic rings. The summed E-state index contributed by atoms with van der Waals surface area (Å²) < 4.78 is 11.8. The lowest BCUT2D eigenvalue weighted by molar-refractivity contribution is 0.112. The third kappa shape index (κ3) is 4.60. The molecule has 0 bridgehead atoms. The summed E-state index contributed by atoms with van der Waals surface area (Å²) in [5, 5.41) is 0. The summed E-state index contributed by atoms with van der Waals surface area (Å²) in [5.74, 6) is 2.55. The summed E-state index contributed by atoms with van der Waals surface area (Å²) in [4.78, 5) is 10.6. The first-order chi connectivity index (χ1) is 11.5. The highest BCUT2D eigenvalue weighted by molar-refractivity contribution is 5.74. The molecule has 0 atom stereocenters. The van der Waals surface area contributed by atoms with E-state index in [0.29, 0.717) is 30.6 Å². The summed E-state index contributed by atoms with van der Waals surface area (Å²) in [7, 11) is 0. The van der Waals surface area contributed by atoms with E-state index in [4.69, 9.17) is 9.47 Å². The maximum atomic E-state index is 10.6. The van der Waals surface area contributed by atoms with E-state index in [0.717, 1.165) is 17.8 Å². The number of ether oxygens (including phenoxy) is 2. The van der Waals surface area contributed by atoms with Gasteiger partial charge in [-0.15, -0.1) is 0 Å². The number of benzene rings is 2. The number of carbonyl (C=O) groups excluding carboxylic acids is 1. The van der Waals surface area contributed by atoms with Crippen molar-refractivity contribution in [1.29, 1.82) is 0 Å². The van der Waals surface area contributed by atoms with Gasteiger partial charge in [-0.25, -0.2) is 0 Å². The van der Waals surface area contributed by atoms with E-state index in [9.17, 15) is 4.79 Å². The van der Waals surface area contributed by atoms with Crippen LogP contribution in [0, 0.1) is 0 Å². The molecule has 24 heavy (non-hydrogen) atoms. The molecule has 0 saturated carbocycles. The highest BCUT2D eigenvalue weighted by atomic mass is 16.5. The van der Waals surface area contributed by atoms with Gasteiger partial charge in [-0.05, 0) is 47.2 Å². The second kappa shape index (κ2) is 8.53. The van der Waals surface area contributed by atoms with Gasteiger partial charge in [0.05, 0.1) is 0 Å². The standard InChI is InChI=1S/C21H26O3/c1-15(2)19-6-5-7-20(16(3)4)21(19)24-13-12-23-18-10-8-17(14-22)9-11-18/h5-11,14-16H,12-13H2,1-4H3. The first kappa shape index (κ1) is 18.1. The molecule has 0 N–H and O–H groups in total. The summed E-state index contributed by atoms with van der Waals surface area (Å²) >= 11 is 0. The lowest BCUT2D eigenvalue weighted by Crippen LogP contribution is -2.12. The Morgan fingerprint density at radius 1 is 0.833 bits per heavy atom. The summed E-state index contributed by atoms with van der Waals surface area (Å²) in [5.41, 5.74) is 3.11. The van der Waals surface area contributed by atoms with Crippen molar-refractivity contribution in [3.63, 3.8) is 0 Å². The molecular weight excluding hydrogens is 300 g/mol. The maximum absolute atomic E-state index is 10.6. The quantitative estimate of drug-likeness (QED) is 0.494. The van der Waals surface area contributed by atoms with Crippen LogP contribution in [0.1, 0.15) is 61.0 Å². The Bertz CT molecular complexity index is 631. The Labute approximate surface area is 144 Å². The predicted octanol–water partition coefficient (Wildman–Crippen LogP) is 5.20. The van der Waals surface area contributed by atoms with Crippen LogP contribution < -0.4 is 9.47 Å². The maximum Gasteiger partial charge on any atom is 0.150 e. The molecule has 2 rings (SSSR count). The SMILES string of the molecule is CC(C)c1cccc(C(C)C)c1OCCOc1ccc(C=O)cc1. The van der Waals surface area contributed by atoms with Crippen LogP contribution in [0.25, 0.3) is 0 Å². The lowest BCUT2D eigenvalue weighted by Gasteiger charge is -2.20. The van der Waals surface area contributed by atoms with Crippen LogP contribution in [0.5, 0.6) is 11.5 Å². The Balaban J connectivity index is 1.99. The molecule has 0 radical (unpaired) electrons. The highest BCUT2D eigenvalue weighted by Crippen LogP contribution is 2.34. The predicted molar refractivity (Wildman–Crippen MR) is 97.4 cm³/mol. The van der Waals surface area contributed by atoms with Gasteiger partial charge in [-0.3, -0.25) is 4.79 Å². The molecular formula is C21H26O3. The van der Waals surface area contributed by atoms with E-state index in [1.54, 1.807) is 24.3 Å². The fourth-order valence-electron chi connectivity index (χ4n) is 2.60. The third-order valence-corrected chi connectivity index (χ3v) is 3.93. The summed E-state index contributed by atoms with van der Waals surface area (Å²) in [6, 6.07) is 13.4. The second-order valence-corrected chi connectivity index (χ2v) is 6.46. The molecule has 0 fully saturated rings. The van der Waals surface area contributed by atoms with Crippen molar-refractivity contribution in [1.82, 2.24) is 0 Å². The average Bonchev–Trinajstić information content (AvgIpc) is 2.58. The summed E-state index contributed by atoms with van der Waals surface area (Å²) in [6.45, 7) is 9.66. The molecule has 0 amide bonds. The van der Waals surface area contributed by atoms with Crippen molar-refractivity contribution in [3.8, 4) is 11.5 Å². The second-order valence-electron chi connectivity index (χ2n) is 6.46. The van der Waals surface area contributed by atoms with Gasteiger partial charge in [0, 0.05) is 5.56 Å². The van der Waals surface area contributed by atoms with Crippen molar-refractivity contribution in [3.05, 3.63) is 59.2 Å². The smallest absolute Gasteiger partial charge is 0.150 e. The monoisotopic (exact) mass is 326 g/mol. The van der Waals surface area contributed by atoms with Gasteiger partial charge in [-0.1, -0.05) is 45.9 Å². The van der Waals surface area contributed by atoms with Crippen LogP contribution in [-0.2, 0) is 0 Å². The van der Waals surface area contributed by atoms with Crippen molar-refractivity contribution in [2.45, 2.75) is 39.5 Å². The zero-order valence-corrected chi connectivity index (χ0v) is 14.9. The molecule has 128 valence electrons. The van der Waals surface area contributed by atoms with E-state index in [2.05, 4.69) is 45.9 Å². The Morgan fingerprint density at radius 3 is 1.88 bits per heavy atom. The third-order valence-electron chi connectivity index (χ3n) is 3.93. The lowest BCUT2D eigenvalue weighted by atomic mass is 9.94. The van der Waals surface area contributed by atoms with Gasteiger partial charge in [-0.2, -0.15) is 0 Å². The highest BCUT2D eigenvalue weighted by Gasteiger charge is 2.14. The van der Waals surface area contributed by atoms with Crippen LogP contribution in [0.15, 0.2) is 42.5 Å². The topological polar surface area (TPSA) is 35.5 Å². The molecule has 0 aliphatic carbocycles. The molecule has 2 aromatic rings. The Kier molecular flexibility index (Phi) is 6.42. The number of rotatable bonds is 8. The van der Waals surface area contributed by atoms with Crippen LogP contribution >= 0.6 is 0 Å². The molecule has 3 heteroatoms. The van der Waals surface area contributed by atoms with Gasteiger partial charge in [0.2, 0.25) is 0 Å². The fraction of sp³-hybridized carbons (Fsp3) is 0.381. The van der Waals surface area contributed by atoms with E-state index < -0.39 is 0 Å². The van der Waals surface area contributed by atoms with Gasteiger partial charge >= 0.3 is 0 Å². The molecule has 2 aromatic carbocycles. The molecule has 0 aliphatic heterocycles. The number of para-hydroxylation sites is 1. The number of hydrogen-bond acceptors (Lipinski definition) is 3. The number of carbonyl (C=O) groups is 1. The van der Waals surface area contributed by atoms with Crippen molar-refractivity contribution >= 4 is 6.29 Å². The normalized spacial score (nSPS) is 10.9. The Hall–Kier alpha value is -2.29. The number of aldehydes is 1. The van der Waals surface area contributed by atoms with Crippen LogP contribution in [0.4, 0.5) is 0 Å². The molecule has 0 aromatic heterocycles. The van der Waals surface area contributed by atoms with Crippen LogP contribution in [0.2, 0.25) is 0 Å². The van der Waals surface area contributed by atoms with Crippen molar-refractivity contribution in [2.24, 2.45) is 0 Å². The fourth-order valence-corrected chi connectivity index (χ4v) is 2.60. The van der Waals surface area contributed by atoms with Gasteiger partial charge in [0.1, 0.15) is 31.0 Å². The largest absolute Gasteiger partial charge is 0.490 e. The van der Waals surface area contributed by atoms with Crippen molar-refractivity contribution in [2.75, 3.05) is 13.2 Å². The van der Waals surface area contributed by atoms with Crippen LogP contribution in [0.3, 0.4) is 0 Å². The van der Waals surface area contributed by atoms with E-state index >= 15 is 0 Å². The number of hydrogen-bond donors (Lipinski definition) is 0.